The molecular weight excluding hydrogens is 369 g/mol. The molecule has 4 rings (SSSR count). The highest BCUT2D eigenvalue weighted by Crippen LogP contribution is 2.18. The van der Waals surface area contributed by atoms with Crippen LogP contribution in [0.25, 0.3) is 11.7 Å². The molecule has 1 amide bonds. The van der Waals surface area contributed by atoms with Crippen molar-refractivity contribution in [1.29, 1.82) is 0 Å². The lowest BCUT2D eigenvalue weighted by molar-refractivity contribution is -0.126. The fourth-order valence-electron chi connectivity index (χ4n) is 3.14. The second kappa shape index (κ2) is 6.96. The lowest BCUT2D eigenvalue weighted by atomic mass is 10.1. The number of rotatable bonds is 2. The Hall–Kier alpha value is -2.99. The maximum atomic E-state index is 13.5. The van der Waals surface area contributed by atoms with E-state index in [0.29, 0.717) is 34.9 Å². The van der Waals surface area contributed by atoms with Gasteiger partial charge in [0.2, 0.25) is 5.91 Å². The SMILES string of the molecule is O=C(/C=C/c1ccccc1Cl)N1CCc2nc3ccc(F)cn3c(=O)c2C1. The zero-order valence-corrected chi connectivity index (χ0v) is 15.0. The van der Waals surface area contributed by atoms with E-state index in [1.807, 2.05) is 18.2 Å². The van der Waals surface area contributed by atoms with E-state index in [2.05, 4.69) is 4.98 Å². The maximum Gasteiger partial charge on any atom is 0.263 e. The molecule has 0 aliphatic carbocycles. The number of hydrogen-bond acceptors (Lipinski definition) is 3. The lowest BCUT2D eigenvalue weighted by Gasteiger charge is -2.27. The number of fused-ring (bicyclic) bond motifs is 2. The molecule has 0 unspecified atom stereocenters. The van der Waals surface area contributed by atoms with Crippen molar-refractivity contribution < 1.29 is 9.18 Å². The van der Waals surface area contributed by atoms with Crippen molar-refractivity contribution in [2.24, 2.45) is 0 Å². The molecule has 0 N–H and O–H groups in total. The van der Waals surface area contributed by atoms with E-state index in [9.17, 15) is 14.0 Å². The number of amides is 1. The Labute approximate surface area is 159 Å². The summed E-state index contributed by atoms with van der Waals surface area (Å²) < 4.78 is 14.7. The summed E-state index contributed by atoms with van der Waals surface area (Å²) in [4.78, 5) is 31.2. The second-order valence-corrected chi connectivity index (χ2v) is 6.69. The number of nitrogens with zero attached hydrogens (tertiary/aromatic N) is 3. The quantitative estimate of drug-likeness (QED) is 0.639. The van der Waals surface area contributed by atoms with Crippen LogP contribution in [0.2, 0.25) is 5.02 Å². The van der Waals surface area contributed by atoms with Crippen LogP contribution in [-0.4, -0.2) is 26.7 Å². The molecule has 3 aromatic rings. The molecule has 0 spiro atoms. The molecule has 3 heterocycles. The minimum Gasteiger partial charge on any atom is -0.334 e. The first-order chi connectivity index (χ1) is 13.0. The van der Waals surface area contributed by atoms with Crippen LogP contribution in [0.4, 0.5) is 4.39 Å². The van der Waals surface area contributed by atoms with E-state index in [4.69, 9.17) is 11.6 Å². The van der Waals surface area contributed by atoms with Crippen molar-refractivity contribution in [3.63, 3.8) is 0 Å². The Balaban J connectivity index is 1.62. The lowest BCUT2D eigenvalue weighted by Crippen LogP contribution is -2.39. The van der Waals surface area contributed by atoms with Gasteiger partial charge in [-0.1, -0.05) is 29.8 Å². The molecule has 0 bridgehead atoms. The molecule has 7 heteroatoms. The first-order valence-electron chi connectivity index (χ1n) is 8.44. The van der Waals surface area contributed by atoms with E-state index < -0.39 is 5.82 Å². The maximum absolute atomic E-state index is 13.5. The fourth-order valence-corrected chi connectivity index (χ4v) is 3.34. The molecule has 0 fully saturated rings. The smallest absolute Gasteiger partial charge is 0.263 e. The van der Waals surface area contributed by atoms with Crippen LogP contribution in [0.1, 0.15) is 16.8 Å². The van der Waals surface area contributed by atoms with Gasteiger partial charge in [0.25, 0.3) is 5.56 Å². The summed E-state index contributed by atoms with van der Waals surface area (Å²) in [6.07, 6.45) is 4.69. The standard InChI is InChI=1S/C20H15ClFN3O2/c21-16-4-2-1-3-13(16)5-8-19(26)24-10-9-17-15(12-24)20(27)25-11-14(22)6-7-18(25)23-17/h1-8,11H,9-10,12H2/b8-5+. The van der Waals surface area contributed by atoms with Crippen molar-refractivity contribution in [2.75, 3.05) is 6.54 Å². The topological polar surface area (TPSA) is 54.7 Å². The van der Waals surface area contributed by atoms with E-state index in [1.165, 1.54) is 22.6 Å². The summed E-state index contributed by atoms with van der Waals surface area (Å²) in [6.45, 7) is 0.606. The average Bonchev–Trinajstić information content (AvgIpc) is 2.68. The predicted molar refractivity (Wildman–Crippen MR) is 101 cm³/mol. The van der Waals surface area contributed by atoms with E-state index >= 15 is 0 Å². The first-order valence-corrected chi connectivity index (χ1v) is 8.82. The predicted octanol–water partition coefficient (Wildman–Crippen LogP) is 3.09. The number of benzene rings is 1. The number of aromatic nitrogens is 2. The number of carbonyl (C=O) groups excluding carboxylic acids is 1. The third-order valence-electron chi connectivity index (χ3n) is 4.56. The highest BCUT2D eigenvalue weighted by atomic mass is 35.5. The van der Waals surface area contributed by atoms with Gasteiger partial charge in [0.05, 0.1) is 17.8 Å². The Morgan fingerprint density at radius 1 is 1.22 bits per heavy atom. The minimum atomic E-state index is -0.516. The molecule has 5 nitrogen and oxygen atoms in total. The molecule has 27 heavy (non-hydrogen) atoms. The van der Waals surface area contributed by atoms with Crippen molar-refractivity contribution in [1.82, 2.24) is 14.3 Å². The van der Waals surface area contributed by atoms with Gasteiger partial charge in [-0.3, -0.25) is 14.0 Å². The van der Waals surface area contributed by atoms with Crippen LogP contribution in [-0.2, 0) is 17.8 Å². The van der Waals surface area contributed by atoms with Gasteiger partial charge in [-0.2, -0.15) is 0 Å². The molecule has 0 atom stereocenters. The third-order valence-corrected chi connectivity index (χ3v) is 4.90. The monoisotopic (exact) mass is 383 g/mol. The molecular formula is C20H15ClFN3O2. The van der Waals surface area contributed by atoms with Gasteiger partial charge in [0.15, 0.2) is 0 Å². The molecule has 1 aliphatic rings. The number of halogens is 2. The molecule has 2 aromatic heterocycles. The molecule has 0 saturated heterocycles. The average molecular weight is 384 g/mol. The van der Waals surface area contributed by atoms with Gasteiger partial charge in [-0.25, -0.2) is 9.37 Å². The molecule has 136 valence electrons. The largest absolute Gasteiger partial charge is 0.334 e. The van der Waals surface area contributed by atoms with Crippen molar-refractivity contribution in [3.8, 4) is 0 Å². The first kappa shape index (κ1) is 17.4. The highest BCUT2D eigenvalue weighted by Gasteiger charge is 2.24. The summed E-state index contributed by atoms with van der Waals surface area (Å²) in [7, 11) is 0. The van der Waals surface area contributed by atoms with E-state index in [1.54, 1.807) is 17.0 Å². The molecule has 1 aliphatic heterocycles. The third kappa shape index (κ3) is 3.36. The highest BCUT2D eigenvalue weighted by molar-refractivity contribution is 6.32. The number of hydrogen-bond donors (Lipinski definition) is 0. The van der Waals surface area contributed by atoms with Crippen LogP contribution in [0.15, 0.2) is 53.5 Å². The van der Waals surface area contributed by atoms with Gasteiger partial charge in [-0.05, 0) is 29.8 Å². The van der Waals surface area contributed by atoms with Crippen molar-refractivity contribution in [2.45, 2.75) is 13.0 Å². The van der Waals surface area contributed by atoms with Crippen LogP contribution in [0, 0.1) is 5.82 Å². The second-order valence-electron chi connectivity index (χ2n) is 6.28. The fraction of sp³-hybridized carbons (Fsp3) is 0.150. The summed E-state index contributed by atoms with van der Waals surface area (Å²) in [5.41, 5.74) is 1.88. The Kier molecular flexibility index (Phi) is 4.49. The summed E-state index contributed by atoms with van der Waals surface area (Å²) in [5, 5.41) is 0.557. The van der Waals surface area contributed by atoms with Gasteiger partial charge in [-0.15, -0.1) is 0 Å². The zero-order valence-electron chi connectivity index (χ0n) is 14.2. The van der Waals surface area contributed by atoms with Crippen LogP contribution in [0.3, 0.4) is 0 Å². The van der Waals surface area contributed by atoms with Gasteiger partial charge in [0.1, 0.15) is 11.5 Å². The molecule has 1 aromatic carbocycles. The van der Waals surface area contributed by atoms with Gasteiger partial charge < -0.3 is 4.90 Å². The van der Waals surface area contributed by atoms with E-state index in [-0.39, 0.29) is 18.0 Å². The van der Waals surface area contributed by atoms with Gasteiger partial charge >= 0.3 is 0 Å². The van der Waals surface area contributed by atoms with Crippen LogP contribution in [0.5, 0.6) is 0 Å². The minimum absolute atomic E-state index is 0.145. The Morgan fingerprint density at radius 3 is 2.85 bits per heavy atom. The summed E-state index contributed by atoms with van der Waals surface area (Å²) in [5.74, 6) is -0.734. The summed E-state index contributed by atoms with van der Waals surface area (Å²) >= 11 is 6.09. The van der Waals surface area contributed by atoms with Crippen LogP contribution >= 0.6 is 11.6 Å². The Bertz CT molecular complexity index is 1140. The molecule has 0 radical (unpaired) electrons. The van der Waals surface area contributed by atoms with E-state index in [0.717, 1.165) is 11.8 Å². The number of pyridine rings is 1. The number of carbonyl (C=O) groups is 1. The molecule has 0 saturated carbocycles. The normalized spacial score (nSPS) is 13.9. The van der Waals surface area contributed by atoms with Crippen molar-refractivity contribution >= 4 is 29.2 Å². The van der Waals surface area contributed by atoms with Crippen molar-refractivity contribution in [3.05, 3.63) is 86.7 Å². The summed E-state index contributed by atoms with van der Waals surface area (Å²) in [6, 6.07) is 9.96. The Morgan fingerprint density at radius 2 is 2.04 bits per heavy atom. The van der Waals surface area contributed by atoms with Crippen LogP contribution < -0.4 is 5.56 Å². The zero-order chi connectivity index (χ0) is 19.0. The van der Waals surface area contributed by atoms with Gasteiger partial charge in [0, 0.05) is 30.3 Å².